The summed E-state index contributed by atoms with van der Waals surface area (Å²) in [4.78, 5) is 14.0. The lowest BCUT2D eigenvalue weighted by Crippen LogP contribution is -2.38. The molecular formula is C13H15N3O3S. The molecule has 0 bridgehead atoms. The highest BCUT2D eigenvalue weighted by molar-refractivity contribution is 7.91. The minimum Gasteiger partial charge on any atom is -0.336 e. The van der Waals surface area contributed by atoms with Gasteiger partial charge in [0.25, 0.3) is 5.91 Å². The first kappa shape index (κ1) is 13.1. The first-order valence-electron chi connectivity index (χ1n) is 6.38. The summed E-state index contributed by atoms with van der Waals surface area (Å²) < 4.78 is 23.0. The lowest BCUT2D eigenvalue weighted by atomic mass is 10.1. The van der Waals surface area contributed by atoms with Crippen molar-refractivity contribution in [3.05, 3.63) is 30.0 Å². The maximum Gasteiger partial charge on any atom is 0.275 e. The van der Waals surface area contributed by atoms with E-state index in [4.69, 9.17) is 0 Å². The number of nitrogens with one attached hydrogen (secondary N) is 1. The molecule has 0 radical (unpaired) electrons. The zero-order valence-corrected chi connectivity index (χ0v) is 11.9. The van der Waals surface area contributed by atoms with E-state index in [2.05, 4.69) is 10.2 Å². The minimum atomic E-state index is -3.01. The van der Waals surface area contributed by atoms with Crippen LogP contribution in [0.1, 0.15) is 16.9 Å². The monoisotopic (exact) mass is 293 g/mol. The molecule has 3 rings (SSSR count). The number of fused-ring (bicyclic) bond motifs is 1. The van der Waals surface area contributed by atoms with E-state index >= 15 is 0 Å². The molecule has 1 N–H and O–H groups in total. The summed E-state index contributed by atoms with van der Waals surface area (Å²) in [6.45, 7) is 0. The van der Waals surface area contributed by atoms with Crippen molar-refractivity contribution in [1.29, 1.82) is 0 Å². The molecule has 6 nitrogen and oxygen atoms in total. The van der Waals surface area contributed by atoms with Crippen molar-refractivity contribution in [3.63, 3.8) is 0 Å². The van der Waals surface area contributed by atoms with Crippen LogP contribution in [0.15, 0.2) is 24.3 Å². The van der Waals surface area contributed by atoms with E-state index in [0.29, 0.717) is 12.1 Å². The normalized spacial score (nSPS) is 21.1. The van der Waals surface area contributed by atoms with Crippen LogP contribution in [0.5, 0.6) is 0 Å². The summed E-state index contributed by atoms with van der Waals surface area (Å²) in [5.41, 5.74) is 1.13. The smallest absolute Gasteiger partial charge is 0.275 e. The van der Waals surface area contributed by atoms with Gasteiger partial charge in [-0.1, -0.05) is 18.2 Å². The highest BCUT2D eigenvalue weighted by atomic mass is 32.2. The zero-order valence-electron chi connectivity index (χ0n) is 11.0. The second-order valence-electron chi connectivity index (χ2n) is 5.09. The van der Waals surface area contributed by atoms with Crippen LogP contribution in [0.3, 0.4) is 0 Å². The van der Waals surface area contributed by atoms with E-state index in [9.17, 15) is 13.2 Å². The van der Waals surface area contributed by atoms with Crippen LogP contribution in [0.25, 0.3) is 10.9 Å². The van der Waals surface area contributed by atoms with Gasteiger partial charge in [-0.25, -0.2) is 8.42 Å². The Morgan fingerprint density at radius 3 is 2.85 bits per heavy atom. The second-order valence-corrected chi connectivity index (χ2v) is 7.32. The Labute approximate surface area is 116 Å². The van der Waals surface area contributed by atoms with Crippen molar-refractivity contribution in [1.82, 2.24) is 15.1 Å². The third-order valence-electron chi connectivity index (χ3n) is 3.75. The molecule has 7 heteroatoms. The number of amides is 1. The fourth-order valence-corrected chi connectivity index (χ4v) is 4.31. The van der Waals surface area contributed by atoms with Gasteiger partial charge in [0, 0.05) is 18.5 Å². The van der Waals surface area contributed by atoms with Gasteiger partial charge in [-0.05, 0) is 12.5 Å². The summed E-state index contributed by atoms with van der Waals surface area (Å²) in [5, 5.41) is 7.63. The SMILES string of the molecule is CN(C(=O)c1n[nH]c2ccccc12)[C@H]1CCS(=O)(=O)C1. The number of hydrogen-bond donors (Lipinski definition) is 1. The molecule has 1 atom stereocenters. The number of rotatable bonds is 2. The van der Waals surface area contributed by atoms with Crippen molar-refractivity contribution in [2.24, 2.45) is 0 Å². The summed E-state index contributed by atoms with van der Waals surface area (Å²) in [6, 6.07) is 7.11. The number of carbonyl (C=O) groups excluding carboxylic acids is 1. The number of carbonyl (C=O) groups is 1. The quantitative estimate of drug-likeness (QED) is 0.888. The molecule has 0 spiro atoms. The Morgan fingerprint density at radius 1 is 1.40 bits per heavy atom. The number of aromatic nitrogens is 2. The van der Waals surface area contributed by atoms with Crippen molar-refractivity contribution in [2.45, 2.75) is 12.5 Å². The maximum absolute atomic E-state index is 12.5. The molecule has 1 aromatic carbocycles. The Balaban J connectivity index is 1.89. The van der Waals surface area contributed by atoms with Crippen LogP contribution in [-0.4, -0.2) is 54.0 Å². The minimum absolute atomic E-state index is 0.0393. The molecule has 1 saturated heterocycles. The molecule has 1 aliphatic rings. The summed E-state index contributed by atoms with van der Waals surface area (Å²) >= 11 is 0. The van der Waals surface area contributed by atoms with E-state index in [0.717, 1.165) is 10.9 Å². The molecule has 1 fully saturated rings. The summed E-state index contributed by atoms with van der Waals surface area (Å²) in [5.74, 6) is -0.0571. The van der Waals surface area contributed by atoms with Gasteiger partial charge >= 0.3 is 0 Å². The predicted octanol–water partition coefficient (Wildman–Crippen LogP) is 0.822. The average Bonchev–Trinajstić information content (AvgIpc) is 3.00. The third kappa shape index (κ3) is 2.18. The van der Waals surface area contributed by atoms with Crippen LogP contribution in [-0.2, 0) is 9.84 Å². The molecule has 1 amide bonds. The van der Waals surface area contributed by atoms with Gasteiger partial charge in [-0.15, -0.1) is 0 Å². The topological polar surface area (TPSA) is 83.1 Å². The standard InChI is InChI=1S/C13H15N3O3S/c1-16(9-6-7-20(18,19)8-9)13(17)12-10-4-2-3-5-11(10)14-15-12/h2-5,9H,6-8H2,1H3,(H,14,15)/t9-/m0/s1. The first-order valence-corrected chi connectivity index (χ1v) is 8.21. The van der Waals surface area contributed by atoms with Gasteiger partial charge in [0.1, 0.15) is 0 Å². The van der Waals surface area contributed by atoms with E-state index in [-0.39, 0.29) is 23.5 Å². The van der Waals surface area contributed by atoms with Crippen LogP contribution < -0.4 is 0 Å². The Bertz CT molecular complexity index is 766. The van der Waals surface area contributed by atoms with Crippen molar-refractivity contribution in [3.8, 4) is 0 Å². The van der Waals surface area contributed by atoms with E-state index in [1.54, 1.807) is 7.05 Å². The van der Waals surface area contributed by atoms with Crippen LogP contribution >= 0.6 is 0 Å². The molecule has 0 saturated carbocycles. The first-order chi connectivity index (χ1) is 9.48. The number of hydrogen-bond acceptors (Lipinski definition) is 4. The van der Waals surface area contributed by atoms with Gasteiger partial charge in [-0.3, -0.25) is 9.89 Å². The van der Waals surface area contributed by atoms with Crippen molar-refractivity contribution < 1.29 is 13.2 Å². The average molecular weight is 293 g/mol. The van der Waals surface area contributed by atoms with Crippen molar-refractivity contribution >= 4 is 26.6 Å². The van der Waals surface area contributed by atoms with Gasteiger partial charge < -0.3 is 4.90 Å². The van der Waals surface area contributed by atoms with E-state index in [1.807, 2.05) is 24.3 Å². The summed E-state index contributed by atoms with van der Waals surface area (Å²) in [6.07, 6.45) is 0.493. The molecular weight excluding hydrogens is 278 g/mol. The fourth-order valence-electron chi connectivity index (χ4n) is 2.54. The number of para-hydroxylation sites is 1. The van der Waals surface area contributed by atoms with Crippen LogP contribution in [0.2, 0.25) is 0 Å². The third-order valence-corrected chi connectivity index (χ3v) is 5.50. The number of sulfone groups is 1. The Morgan fingerprint density at radius 2 is 2.15 bits per heavy atom. The lowest BCUT2D eigenvalue weighted by Gasteiger charge is -2.22. The number of H-pyrrole nitrogens is 1. The molecule has 0 unspecified atom stereocenters. The molecule has 20 heavy (non-hydrogen) atoms. The fraction of sp³-hybridized carbons (Fsp3) is 0.385. The molecule has 106 valence electrons. The molecule has 2 heterocycles. The zero-order chi connectivity index (χ0) is 14.3. The predicted molar refractivity (Wildman–Crippen MR) is 75.2 cm³/mol. The number of aromatic amines is 1. The second kappa shape index (κ2) is 4.59. The van der Waals surface area contributed by atoms with E-state index < -0.39 is 9.84 Å². The van der Waals surface area contributed by atoms with Gasteiger partial charge in [0.2, 0.25) is 0 Å². The molecule has 2 aromatic rings. The largest absolute Gasteiger partial charge is 0.336 e. The van der Waals surface area contributed by atoms with Crippen LogP contribution in [0, 0.1) is 0 Å². The molecule has 1 aliphatic heterocycles. The van der Waals surface area contributed by atoms with Gasteiger partial charge in [0.05, 0.1) is 17.0 Å². The maximum atomic E-state index is 12.5. The Kier molecular flexibility index (Phi) is 3.01. The van der Waals surface area contributed by atoms with Crippen molar-refractivity contribution in [2.75, 3.05) is 18.6 Å². The number of benzene rings is 1. The number of nitrogens with zero attached hydrogens (tertiary/aromatic N) is 2. The highest BCUT2D eigenvalue weighted by Gasteiger charge is 2.34. The molecule has 1 aromatic heterocycles. The van der Waals surface area contributed by atoms with E-state index in [1.165, 1.54) is 4.90 Å². The highest BCUT2D eigenvalue weighted by Crippen LogP contribution is 2.21. The van der Waals surface area contributed by atoms with Gasteiger partial charge in [-0.2, -0.15) is 5.10 Å². The molecule has 0 aliphatic carbocycles. The Hall–Kier alpha value is -1.89. The summed E-state index contributed by atoms with van der Waals surface area (Å²) in [7, 11) is -1.37. The van der Waals surface area contributed by atoms with Crippen LogP contribution in [0.4, 0.5) is 0 Å². The van der Waals surface area contributed by atoms with Gasteiger partial charge in [0.15, 0.2) is 15.5 Å². The lowest BCUT2D eigenvalue weighted by molar-refractivity contribution is 0.0743.